The van der Waals surface area contributed by atoms with Crippen LogP contribution in [0.3, 0.4) is 0 Å². The Kier molecular flexibility index (Phi) is 12.7. The fourth-order valence-electron chi connectivity index (χ4n) is 6.09. The lowest BCUT2D eigenvalue weighted by molar-refractivity contribution is 0.111. The van der Waals surface area contributed by atoms with E-state index in [1.807, 2.05) is 115 Å². The third kappa shape index (κ3) is 9.84. The smallest absolute Gasteiger partial charge is 0.166 e. The number of carbonyl (C=O) groups excluding carboxylic acids is 1. The second-order valence-corrected chi connectivity index (χ2v) is 14.3. The molecule has 292 valence electrons. The highest BCUT2D eigenvalue weighted by molar-refractivity contribution is 6.32. The number of benzene rings is 6. The molecule has 3 heterocycles. The Morgan fingerprint density at radius 2 is 0.948 bits per heavy atom. The molecule has 0 aliphatic rings. The van der Waals surface area contributed by atoms with Gasteiger partial charge in [0.1, 0.15) is 34.5 Å². The normalized spacial score (nSPS) is 11.3. The number of fused-ring (bicyclic) bond motifs is 3. The molecule has 0 amide bonds. The number of H-pyrrole nitrogens is 3. The molecule has 0 aliphatic carbocycles. The van der Waals surface area contributed by atoms with Crippen molar-refractivity contribution >= 4 is 73.8 Å². The van der Waals surface area contributed by atoms with Gasteiger partial charge in [-0.1, -0.05) is 89.4 Å². The van der Waals surface area contributed by atoms with Gasteiger partial charge in [-0.3, -0.25) is 4.79 Å². The van der Waals surface area contributed by atoms with Crippen LogP contribution >= 0.6 is 34.8 Å². The number of aldehydes is 1. The predicted octanol–water partition coefficient (Wildman–Crippen LogP) is 13.2. The first kappa shape index (κ1) is 40.0. The van der Waals surface area contributed by atoms with E-state index in [4.69, 9.17) is 49.0 Å². The van der Waals surface area contributed by atoms with Crippen molar-refractivity contribution in [3.8, 4) is 34.5 Å². The van der Waals surface area contributed by atoms with Crippen LogP contribution in [0.1, 0.15) is 34.9 Å². The molecular weight excluding hydrogens is 797 g/mol. The van der Waals surface area contributed by atoms with E-state index in [-0.39, 0.29) is 6.61 Å². The van der Waals surface area contributed by atoms with E-state index in [0.717, 1.165) is 67.6 Å². The standard InChI is InChI=1S/C16H14ClNO2.C15H12ClNO2.C15H10ClNO2/c1-10(19)14-9-13-15(18-14)7-11(17)8-16(13)20-12-5-3-2-4-6-12;2*16-10-6-14-13(8-11(9-18)17-14)15(7-10)19-12-4-2-1-3-5-12/h2-10,18-19H,1H3;1-8,17-18H,9H2;1-9,17H. The Labute approximate surface area is 348 Å². The lowest BCUT2D eigenvalue weighted by Crippen LogP contribution is -1.88. The summed E-state index contributed by atoms with van der Waals surface area (Å²) >= 11 is 18.3. The molecule has 9 aromatic rings. The topological polar surface area (TPSA) is 133 Å². The molecule has 0 saturated carbocycles. The van der Waals surface area contributed by atoms with Gasteiger partial charge in [-0.2, -0.15) is 0 Å². The Morgan fingerprint density at radius 1 is 0.552 bits per heavy atom. The molecule has 0 bridgehead atoms. The third-order valence-corrected chi connectivity index (χ3v) is 9.41. The number of aliphatic hydroxyl groups is 2. The van der Waals surface area contributed by atoms with Crippen molar-refractivity contribution in [3.05, 3.63) is 178 Å². The van der Waals surface area contributed by atoms with E-state index in [1.54, 1.807) is 37.3 Å². The number of halogens is 3. The molecule has 9 nitrogen and oxygen atoms in total. The molecule has 1 unspecified atom stereocenters. The molecule has 0 fully saturated rings. The molecule has 1 atom stereocenters. The second-order valence-electron chi connectivity index (χ2n) is 13.0. The van der Waals surface area contributed by atoms with Gasteiger partial charge in [0.05, 0.1) is 35.0 Å². The van der Waals surface area contributed by atoms with Gasteiger partial charge in [-0.05, 0) is 79.7 Å². The molecule has 0 aliphatic heterocycles. The third-order valence-electron chi connectivity index (χ3n) is 8.75. The maximum absolute atomic E-state index is 10.8. The highest BCUT2D eigenvalue weighted by atomic mass is 35.5. The number of rotatable bonds is 9. The number of aromatic nitrogens is 3. The van der Waals surface area contributed by atoms with E-state index in [0.29, 0.717) is 38.0 Å². The van der Waals surface area contributed by atoms with Crippen LogP contribution < -0.4 is 14.2 Å². The monoisotopic (exact) mass is 831 g/mol. The van der Waals surface area contributed by atoms with Crippen LogP contribution in [-0.2, 0) is 6.61 Å². The maximum atomic E-state index is 10.8. The zero-order valence-electron chi connectivity index (χ0n) is 30.9. The number of aromatic amines is 3. The van der Waals surface area contributed by atoms with Crippen LogP contribution in [0.15, 0.2) is 146 Å². The number of hydrogen-bond donors (Lipinski definition) is 5. The van der Waals surface area contributed by atoms with Crippen molar-refractivity contribution in [3.63, 3.8) is 0 Å². The second kappa shape index (κ2) is 18.4. The zero-order chi connectivity index (χ0) is 40.6. The molecule has 5 N–H and O–H groups in total. The Morgan fingerprint density at radius 3 is 1.36 bits per heavy atom. The van der Waals surface area contributed by atoms with E-state index in [1.165, 1.54) is 0 Å². The lowest BCUT2D eigenvalue weighted by Gasteiger charge is -2.07. The summed E-state index contributed by atoms with van der Waals surface area (Å²) in [6.07, 6.45) is 0.200. The van der Waals surface area contributed by atoms with Gasteiger partial charge in [-0.15, -0.1) is 0 Å². The van der Waals surface area contributed by atoms with E-state index in [2.05, 4.69) is 15.0 Å². The molecule has 6 aromatic carbocycles. The SMILES string of the molecule is CC(O)c1cc2c(Oc3ccccc3)cc(Cl)cc2[nH]1.O=Cc1cc2c(Oc3ccccc3)cc(Cl)cc2[nH]1.OCc1cc2c(Oc3ccccc3)cc(Cl)cc2[nH]1. The summed E-state index contributed by atoms with van der Waals surface area (Å²) in [6.45, 7) is 1.67. The molecular formula is C46H36Cl3N3O6. The number of nitrogens with one attached hydrogen (secondary N) is 3. The summed E-state index contributed by atoms with van der Waals surface area (Å²) in [4.78, 5) is 20.1. The summed E-state index contributed by atoms with van der Waals surface area (Å²) in [7, 11) is 0. The molecule has 0 spiro atoms. The van der Waals surface area contributed by atoms with Crippen molar-refractivity contribution in [2.45, 2.75) is 19.6 Å². The van der Waals surface area contributed by atoms with Gasteiger partial charge in [0.25, 0.3) is 0 Å². The highest BCUT2D eigenvalue weighted by Crippen LogP contribution is 2.36. The molecule has 0 radical (unpaired) electrons. The van der Waals surface area contributed by atoms with Gasteiger partial charge < -0.3 is 39.4 Å². The van der Waals surface area contributed by atoms with Crippen molar-refractivity contribution in [1.82, 2.24) is 15.0 Å². The van der Waals surface area contributed by atoms with Gasteiger partial charge in [0.2, 0.25) is 0 Å². The van der Waals surface area contributed by atoms with Crippen LogP contribution in [0.25, 0.3) is 32.7 Å². The minimum Gasteiger partial charge on any atom is -0.457 e. The summed E-state index contributed by atoms with van der Waals surface area (Å²) < 4.78 is 17.5. The number of ether oxygens (including phenoxy) is 3. The van der Waals surface area contributed by atoms with Gasteiger partial charge in [0, 0.05) is 60.8 Å². The fraction of sp³-hybridized carbons (Fsp3) is 0.0652. The van der Waals surface area contributed by atoms with Crippen LogP contribution in [0, 0.1) is 0 Å². The van der Waals surface area contributed by atoms with Crippen LogP contribution in [-0.4, -0.2) is 31.5 Å². The summed E-state index contributed by atoms with van der Waals surface area (Å²) in [6, 6.07) is 44.6. The van der Waals surface area contributed by atoms with Crippen LogP contribution in [0.4, 0.5) is 0 Å². The number of para-hydroxylation sites is 3. The average molecular weight is 833 g/mol. The minimum absolute atomic E-state index is 0.0446. The molecule has 0 saturated heterocycles. The lowest BCUT2D eigenvalue weighted by atomic mass is 10.2. The minimum atomic E-state index is -0.564. The zero-order valence-corrected chi connectivity index (χ0v) is 33.1. The van der Waals surface area contributed by atoms with E-state index < -0.39 is 6.10 Å². The number of aliphatic hydroxyl groups excluding tert-OH is 2. The summed E-state index contributed by atoms with van der Waals surface area (Å²) in [5.41, 5.74) is 4.44. The fourth-order valence-corrected chi connectivity index (χ4v) is 6.71. The Hall–Kier alpha value is -6.20. The first-order valence-corrected chi connectivity index (χ1v) is 19.2. The van der Waals surface area contributed by atoms with Gasteiger partial charge in [0.15, 0.2) is 6.29 Å². The number of carbonyl (C=O) groups is 1. The van der Waals surface area contributed by atoms with Crippen molar-refractivity contribution in [1.29, 1.82) is 0 Å². The highest BCUT2D eigenvalue weighted by Gasteiger charge is 2.13. The molecule has 3 aromatic heterocycles. The average Bonchev–Trinajstić information content (AvgIpc) is 3.97. The van der Waals surface area contributed by atoms with Crippen LogP contribution in [0.2, 0.25) is 15.1 Å². The Bertz CT molecular complexity index is 2790. The van der Waals surface area contributed by atoms with Crippen molar-refractivity contribution in [2.24, 2.45) is 0 Å². The quantitative estimate of drug-likeness (QED) is 0.0920. The van der Waals surface area contributed by atoms with Gasteiger partial charge in [-0.25, -0.2) is 0 Å². The molecule has 12 heteroatoms. The predicted molar refractivity (Wildman–Crippen MR) is 231 cm³/mol. The maximum Gasteiger partial charge on any atom is 0.166 e. The summed E-state index contributed by atoms with van der Waals surface area (Å²) in [5, 5.41) is 23.2. The van der Waals surface area contributed by atoms with Crippen molar-refractivity contribution in [2.75, 3.05) is 0 Å². The molecule has 9 rings (SSSR count). The molecule has 58 heavy (non-hydrogen) atoms. The number of hydrogen-bond acceptors (Lipinski definition) is 6. The summed E-state index contributed by atoms with van der Waals surface area (Å²) in [5.74, 6) is 4.18. The largest absolute Gasteiger partial charge is 0.457 e. The Balaban J connectivity index is 0.000000132. The first-order valence-electron chi connectivity index (χ1n) is 18.0. The van der Waals surface area contributed by atoms with E-state index >= 15 is 0 Å². The van der Waals surface area contributed by atoms with Crippen molar-refractivity contribution < 1.29 is 29.2 Å². The van der Waals surface area contributed by atoms with Gasteiger partial charge >= 0.3 is 0 Å². The van der Waals surface area contributed by atoms with E-state index in [9.17, 15) is 15.0 Å². The van der Waals surface area contributed by atoms with Crippen LogP contribution in [0.5, 0.6) is 34.5 Å². The first-order chi connectivity index (χ1) is 28.1.